The Labute approximate surface area is 153 Å². The second-order valence-electron chi connectivity index (χ2n) is 6.20. The van der Waals surface area contributed by atoms with Crippen LogP contribution in [0.2, 0.25) is 0 Å². The number of aromatic nitrogens is 3. The first-order chi connectivity index (χ1) is 12.6. The molecule has 1 fully saturated rings. The zero-order valence-corrected chi connectivity index (χ0v) is 14.8. The number of aryl methyl sites for hydroxylation is 1. The lowest BCUT2D eigenvalue weighted by Gasteiger charge is -2.32. The third-order valence-corrected chi connectivity index (χ3v) is 5.05. The van der Waals surface area contributed by atoms with E-state index in [2.05, 4.69) is 20.9 Å². The van der Waals surface area contributed by atoms with Crippen molar-refractivity contribution >= 4 is 23.2 Å². The summed E-state index contributed by atoms with van der Waals surface area (Å²) in [7, 11) is 1.80. The lowest BCUT2D eigenvalue weighted by atomic mass is 9.93. The van der Waals surface area contributed by atoms with Crippen LogP contribution in [0, 0.1) is 0 Å². The molecule has 2 atom stereocenters. The molecule has 2 amide bonds. The summed E-state index contributed by atoms with van der Waals surface area (Å²) in [4.78, 5) is 24.4. The van der Waals surface area contributed by atoms with E-state index >= 15 is 0 Å². The lowest BCUT2D eigenvalue weighted by molar-refractivity contribution is -0.123. The van der Waals surface area contributed by atoms with Crippen molar-refractivity contribution in [2.75, 3.05) is 0 Å². The number of amides is 2. The maximum absolute atomic E-state index is 12.6. The van der Waals surface area contributed by atoms with Crippen LogP contribution in [-0.4, -0.2) is 32.8 Å². The Balaban J connectivity index is 1.50. The summed E-state index contributed by atoms with van der Waals surface area (Å²) in [6.07, 6.45) is 4.38. The quantitative estimate of drug-likeness (QED) is 0.729. The largest absolute Gasteiger partial charge is 0.355 e. The summed E-state index contributed by atoms with van der Waals surface area (Å²) in [5, 5.41) is 17.8. The number of carbonyl (C=O) groups excluding carboxylic acids is 2. The second kappa shape index (κ2) is 6.75. The number of nitrogens with zero attached hydrogens (tertiary/aromatic N) is 3. The van der Waals surface area contributed by atoms with E-state index in [0.29, 0.717) is 18.6 Å². The predicted molar refractivity (Wildman–Crippen MR) is 94.4 cm³/mol. The number of hydrogen-bond donors (Lipinski definition) is 2. The minimum absolute atomic E-state index is 0.00741. The van der Waals surface area contributed by atoms with Crippen molar-refractivity contribution in [3.8, 4) is 11.3 Å². The summed E-state index contributed by atoms with van der Waals surface area (Å²) in [5.74, 6) is 0.145. The molecule has 0 saturated carbocycles. The van der Waals surface area contributed by atoms with Gasteiger partial charge in [-0.3, -0.25) is 14.3 Å². The Morgan fingerprint density at radius 1 is 1.50 bits per heavy atom. The average Bonchev–Trinajstić information content (AvgIpc) is 3.37. The molecule has 0 aliphatic carbocycles. The Morgan fingerprint density at radius 3 is 3.12 bits per heavy atom. The van der Waals surface area contributed by atoms with Gasteiger partial charge in [0.25, 0.3) is 5.91 Å². The van der Waals surface area contributed by atoms with Crippen molar-refractivity contribution in [3.05, 3.63) is 46.5 Å². The maximum Gasteiger partial charge on any atom is 0.273 e. The fraction of sp³-hybridized carbons (Fsp3) is 0.294. The third-order valence-electron chi connectivity index (χ3n) is 4.35. The highest BCUT2D eigenvalue weighted by atomic mass is 32.1. The number of piperidine rings is 1. The molecule has 0 spiro atoms. The Bertz CT molecular complexity index is 930. The summed E-state index contributed by atoms with van der Waals surface area (Å²) in [6, 6.07) is 3.11. The summed E-state index contributed by atoms with van der Waals surface area (Å²) in [5.41, 5.74) is 1.94. The van der Waals surface area contributed by atoms with Gasteiger partial charge in [-0.15, -0.1) is 0 Å². The molecule has 0 aromatic carbocycles. The van der Waals surface area contributed by atoms with Crippen LogP contribution in [0.3, 0.4) is 0 Å². The van der Waals surface area contributed by atoms with Crippen LogP contribution in [-0.2, 0) is 11.8 Å². The zero-order chi connectivity index (χ0) is 18.1. The van der Waals surface area contributed by atoms with Crippen molar-refractivity contribution in [1.82, 2.24) is 25.6 Å². The van der Waals surface area contributed by atoms with Crippen LogP contribution in [0.5, 0.6) is 0 Å². The number of thiophene rings is 1. The smallest absolute Gasteiger partial charge is 0.273 e. The monoisotopic (exact) mass is 371 g/mol. The van der Waals surface area contributed by atoms with Crippen LogP contribution in [0.1, 0.15) is 34.9 Å². The minimum Gasteiger partial charge on any atom is -0.355 e. The molecule has 9 heteroatoms. The molecule has 2 N–H and O–H groups in total. The third kappa shape index (κ3) is 3.25. The van der Waals surface area contributed by atoms with Gasteiger partial charge < -0.3 is 15.2 Å². The predicted octanol–water partition coefficient (Wildman–Crippen LogP) is 1.89. The van der Waals surface area contributed by atoms with Gasteiger partial charge in [0.05, 0.1) is 23.8 Å². The van der Waals surface area contributed by atoms with Gasteiger partial charge >= 0.3 is 0 Å². The average molecular weight is 371 g/mol. The van der Waals surface area contributed by atoms with Gasteiger partial charge in [-0.1, -0.05) is 5.16 Å². The SMILES string of the molecule is Cn1cc(-c2cc(C(=O)N[C@@H]3CCC(=O)N[C@H]3c3ccsc3)no2)cn1. The van der Waals surface area contributed by atoms with Gasteiger partial charge in [-0.05, 0) is 28.8 Å². The molecule has 26 heavy (non-hydrogen) atoms. The zero-order valence-electron chi connectivity index (χ0n) is 14.0. The molecule has 0 radical (unpaired) electrons. The number of nitrogens with one attached hydrogen (secondary N) is 2. The minimum atomic E-state index is -0.328. The highest BCUT2D eigenvalue weighted by Crippen LogP contribution is 2.26. The van der Waals surface area contributed by atoms with Crippen molar-refractivity contribution < 1.29 is 14.1 Å². The molecule has 134 valence electrons. The van der Waals surface area contributed by atoms with Crippen molar-refractivity contribution in [2.45, 2.75) is 24.9 Å². The Hall–Kier alpha value is -2.94. The Kier molecular flexibility index (Phi) is 4.29. The molecule has 4 heterocycles. The van der Waals surface area contributed by atoms with E-state index < -0.39 is 0 Å². The molecule has 1 aliphatic heterocycles. The highest BCUT2D eigenvalue weighted by Gasteiger charge is 2.32. The molecule has 8 nitrogen and oxygen atoms in total. The molecule has 3 aromatic rings. The van der Waals surface area contributed by atoms with Gasteiger partial charge in [-0.25, -0.2) is 0 Å². The summed E-state index contributed by atoms with van der Waals surface area (Å²) < 4.78 is 6.90. The second-order valence-corrected chi connectivity index (χ2v) is 6.98. The topological polar surface area (TPSA) is 102 Å². The molecule has 0 bridgehead atoms. The van der Waals surface area contributed by atoms with E-state index in [1.165, 1.54) is 0 Å². The van der Waals surface area contributed by atoms with Crippen LogP contribution in [0.15, 0.2) is 39.8 Å². The van der Waals surface area contributed by atoms with Crippen molar-refractivity contribution in [3.63, 3.8) is 0 Å². The van der Waals surface area contributed by atoms with Crippen LogP contribution in [0.25, 0.3) is 11.3 Å². The molecule has 1 saturated heterocycles. The van der Waals surface area contributed by atoms with Crippen LogP contribution >= 0.6 is 11.3 Å². The highest BCUT2D eigenvalue weighted by molar-refractivity contribution is 7.08. The Morgan fingerprint density at radius 2 is 2.38 bits per heavy atom. The number of hydrogen-bond acceptors (Lipinski definition) is 6. The molecule has 0 unspecified atom stereocenters. The van der Waals surface area contributed by atoms with E-state index in [-0.39, 0.29) is 29.6 Å². The fourth-order valence-corrected chi connectivity index (χ4v) is 3.73. The van der Waals surface area contributed by atoms with E-state index in [4.69, 9.17) is 4.52 Å². The molecule has 1 aliphatic rings. The molecule has 3 aromatic heterocycles. The summed E-state index contributed by atoms with van der Waals surface area (Å²) in [6.45, 7) is 0. The van der Waals surface area contributed by atoms with E-state index in [9.17, 15) is 9.59 Å². The van der Waals surface area contributed by atoms with Gasteiger partial charge in [0.2, 0.25) is 5.91 Å². The summed E-state index contributed by atoms with van der Waals surface area (Å²) >= 11 is 1.56. The first-order valence-corrected chi connectivity index (χ1v) is 9.12. The van der Waals surface area contributed by atoms with Gasteiger partial charge in [0, 0.05) is 25.7 Å². The maximum atomic E-state index is 12.6. The van der Waals surface area contributed by atoms with E-state index in [1.54, 1.807) is 41.5 Å². The van der Waals surface area contributed by atoms with Crippen LogP contribution < -0.4 is 10.6 Å². The van der Waals surface area contributed by atoms with Gasteiger partial charge in [0.15, 0.2) is 11.5 Å². The van der Waals surface area contributed by atoms with Crippen LogP contribution in [0.4, 0.5) is 0 Å². The lowest BCUT2D eigenvalue weighted by Crippen LogP contribution is -2.50. The van der Waals surface area contributed by atoms with Gasteiger partial charge in [0.1, 0.15) is 0 Å². The van der Waals surface area contributed by atoms with E-state index in [0.717, 1.165) is 11.1 Å². The van der Waals surface area contributed by atoms with Crippen molar-refractivity contribution in [1.29, 1.82) is 0 Å². The van der Waals surface area contributed by atoms with Crippen molar-refractivity contribution in [2.24, 2.45) is 7.05 Å². The first kappa shape index (κ1) is 16.5. The molecular formula is C17H17N5O3S. The van der Waals surface area contributed by atoms with Gasteiger partial charge in [-0.2, -0.15) is 16.4 Å². The fourth-order valence-electron chi connectivity index (χ4n) is 3.03. The van der Waals surface area contributed by atoms with E-state index in [1.807, 2.05) is 16.8 Å². The normalized spacial score (nSPS) is 20.0. The number of carbonyl (C=O) groups is 2. The first-order valence-electron chi connectivity index (χ1n) is 8.18. The molecule has 4 rings (SSSR count). The molecular weight excluding hydrogens is 354 g/mol. The number of rotatable bonds is 4. The standard InChI is InChI=1S/C17H17N5O3S/c1-22-8-11(7-18-22)14-6-13(21-25-14)17(24)19-12-2-3-15(23)20-16(12)10-4-5-26-9-10/h4-9,12,16H,2-3H2,1H3,(H,19,24)(H,20,23)/t12-,16+/m1/s1.